The molecule has 2 fully saturated rings. The maximum Gasteiger partial charge on any atom is 0.00955 e. The standard InChI is InChI=1S/C13H26N2/c1-11-2-4-13(5-3-11)15-9-7-12(10-15)6-8-14/h11-13H,2-10,14H2,1H3. The van der Waals surface area contributed by atoms with Crippen LogP contribution >= 0.6 is 0 Å². The van der Waals surface area contributed by atoms with Crippen LogP contribution in [0.5, 0.6) is 0 Å². The van der Waals surface area contributed by atoms with Gasteiger partial charge in [0.25, 0.3) is 0 Å². The number of rotatable bonds is 3. The zero-order valence-electron chi connectivity index (χ0n) is 10.1. The maximum absolute atomic E-state index is 5.63. The Bertz CT molecular complexity index is 185. The van der Waals surface area contributed by atoms with Crippen molar-refractivity contribution in [1.82, 2.24) is 4.90 Å². The van der Waals surface area contributed by atoms with Crippen LogP contribution in [0.1, 0.15) is 45.4 Å². The van der Waals surface area contributed by atoms with Gasteiger partial charge in [0.05, 0.1) is 0 Å². The van der Waals surface area contributed by atoms with Crippen LogP contribution in [0.15, 0.2) is 0 Å². The third kappa shape index (κ3) is 2.94. The Morgan fingerprint density at radius 1 is 1.13 bits per heavy atom. The van der Waals surface area contributed by atoms with Crippen molar-refractivity contribution in [3.63, 3.8) is 0 Å². The van der Waals surface area contributed by atoms with Crippen LogP contribution in [-0.4, -0.2) is 30.6 Å². The fraction of sp³-hybridized carbons (Fsp3) is 1.00. The average Bonchev–Trinajstić information content (AvgIpc) is 2.68. The average molecular weight is 210 g/mol. The van der Waals surface area contributed by atoms with E-state index >= 15 is 0 Å². The fourth-order valence-electron chi connectivity index (χ4n) is 3.27. The van der Waals surface area contributed by atoms with Crippen molar-refractivity contribution in [3.05, 3.63) is 0 Å². The van der Waals surface area contributed by atoms with Gasteiger partial charge >= 0.3 is 0 Å². The first-order chi connectivity index (χ1) is 7.29. The monoisotopic (exact) mass is 210 g/mol. The highest BCUT2D eigenvalue weighted by Gasteiger charge is 2.29. The van der Waals surface area contributed by atoms with Crippen LogP contribution in [-0.2, 0) is 0 Å². The molecule has 0 radical (unpaired) electrons. The molecule has 0 aromatic rings. The van der Waals surface area contributed by atoms with Crippen LogP contribution in [0.2, 0.25) is 0 Å². The van der Waals surface area contributed by atoms with Crippen LogP contribution < -0.4 is 5.73 Å². The molecule has 15 heavy (non-hydrogen) atoms. The molecule has 1 saturated heterocycles. The zero-order chi connectivity index (χ0) is 10.7. The first kappa shape index (κ1) is 11.4. The van der Waals surface area contributed by atoms with Crippen molar-refractivity contribution >= 4 is 0 Å². The molecule has 0 aromatic heterocycles. The van der Waals surface area contributed by atoms with E-state index < -0.39 is 0 Å². The lowest BCUT2D eigenvalue weighted by atomic mass is 9.87. The normalized spacial score (nSPS) is 38.4. The molecular formula is C13H26N2. The van der Waals surface area contributed by atoms with Gasteiger partial charge in [0.15, 0.2) is 0 Å². The van der Waals surface area contributed by atoms with Crippen molar-refractivity contribution in [1.29, 1.82) is 0 Å². The summed E-state index contributed by atoms with van der Waals surface area (Å²) in [5, 5.41) is 0. The second-order valence-corrected chi connectivity index (χ2v) is 5.64. The highest BCUT2D eigenvalue weighted by atomic mass is 15.2. The van der Waals surface area contributed by atoms with Gasteiger partial charge in [0.1, 0.15) is 0 Å². The molecule has 2 heteroatoms. The van der Waals surface area contributed by atoms with E-state index in [4.69, 9.17) is 5.73 Å². The molecule has 0 aromatic carbocycles. The van der Waals surface area contributed by atoms with Gasteiger partial charge in [0.2, 0.25) is 0 Å². The van der Waals surface area contributed by atoms with Crippen LogP contribution in [0.3, 0.4) is 0 Å². The Morgan fingerprint density at radius 2 is 1.87 bits per heavy atom. The van der Waals surface area contributed by atoms with E-state index in [-0.39, 0.29) is 0 Å². The van der Waals surface area contributed by atoms with E-state index in [1.165, 1.54) is 51.6 Å². The number of nitrogens with zero attached hydrogens (tertiary/aromatic N) is 1. The highest BCUT2D eigenvalue weighted by molar-refractivity contribution is 4.84. The number of hydrogen-bond acceptors (Lipinski definition) is 2. The minimum absolute atomic E-state index is 0.875. The summed E-state index contributed by atoms with van der Waals surface area (Å²) in [6.45, 7) is 5.94. The van der Waals surface area contributed by atoms with E-state index in [0.29, 0.717) is 0 Å². The Balaban J connectivity index is 1.75. The summed E-state index contributed by atoms with van der Waals surface area (Å²) in [6, 6.07) is 0.906. The van der Waals surface area contributed by atoms with Crippen LogP contribution in [0.25, 0.3) is 0 Å². The molecule has 1 heterocycles. The summed E-state index contributed by atoms with van der Waals surface area (Å²) in [4.78, 5) is 2.74. The number of hydrogen-bond donors (Lipinski definition) is 1. The molecule has 0 bridgehead atoms. The van der Waals surface area contributed by atoms with Gasteiger partial charge in [-0.2, -0.15) is 0 Å². The quantitative estimate of drug-likeness (QED) is 0.774. The van der Waals surface area contributed by atoms with Crippen molar-refractivity contribution in [2.45, 2.75) is 51.5 Å². The van der Waals surface area contributed by atoms with E-state index in [9.17, 15) is 0 Å². The Labute approximate surface area is 94.2 Å². The Kier molecular flexibility index (Phi) is 4.04. The molecule has 1 saturated carbocycles. The zero-order valence-corrected chi connectivity index (χ0v) is 10.1. The minimum atomic E-state index is 0.875. The van der Waals surface area contributed by atoms with Crippen molar-refractivity contribution < 1.29 is 0 Å². The van der Waals surface area contributed by atoms with E-state index in [1.54, 1.807) is 0 Å². The molecule has 0 spiro atoms. The predicted molar refractivity (Wildman–Crippen MR) is 64.8 cm³/mol. The van der Waals surface area contributed by atoms with Crippen LogP contribution in [0, 0.1) is 11.8 Å². The van der Waals surface area contributed by atoms with Gasteiger partial charge in [-0.3, -0.25) is 0 Å². The molecule has 2 N–H and O–H groups in total. The van der Waals surface area contributed by atoms with Crippen molar-refractivity contribution in [3.8, 4) is 0 Å². The fourth-order valence-corrected chi connectivity index (χ4v) is 3.27. The van der Waals surface area contributed by atoms with Gasteiger partial charge in [-0.1, -0.05) is 6.92 Å². The number of likely N-dealkylation sites (tertiary alicyclic amines) is 1. The molecular weight excluding hydrogens is 184 g/mol. The van der Waals surface area contributed by atoms with Gasteiger partial charge in [-0.05, 0) is 63.5 Å². The molecule has 0 amide bonds. The lowest BCUT2D eigenvalue weighted by Gasteiger charge is -2.33. The Hall–Kier alpha value is -0.0800. The van der Waals surface area contributed by atoms with E-state index in [1.807, 2.05) is 0 Å². The molecule has 1 aliphatic carbocycles. The first-order valence-electron chi connectivity index (χ1n) is 6.73. The van der Waals surface area contributed by atoms with E-state index in [2.05, 4.69) is 11.8 Å². The highest BCUT2D eigenvalue weighted by Crippen LogP contribution is 2.31. The number of nitrogens with two attached hydrogens (primary N) is 1. The lowest BCUT2D eigenvalue weighted by molar-refractivity contribution is 0.164. The van der Waals surface area contributed by atoms with Gasteiger partial charge in [-0.25, -0.2) is 0 Å². The molecule has 1 unspecified atom stereocenters. The summed E-state index contributed by atoms with van der Waals surface area (Å²) in [7, 11) is 0. The summed E-state index contributed by atoms with van der Waals surface area (Å²) < 4.78 is 0. The minimum Gasteiger partial charge on any atom is -0.330 e. The first-order valence-corrected chi connectivity index (χ1v) is 6.73. The predicted octanol–water partition coefficient (Wildman–Crippen LogP) is 2.24. The second-order valence-electron chi connectivity index (χ2n) is 5.64. The summed E-state index contributed by atoms with van der Waals surface area (Å²) >= 11 is 0. The van der Waals surface area contributed by atoms with E-state index in [0.717, 1.165) is 24.4 Å². The molecule has 1 aliphatic heterocycles. The molecule has 2 aliphatic rings. The molecule has 88 valence electrons. The smallest absolute Gasteiger partial charge is 0.00955 e. The molecule has 2 rings (SSSR count). The van der Waals surface area contributed by atoms with Crippen LogP contribution in [0.4, 0.5) is 0 Å². The Morgan fingerprint density at radius 3 is 2.53 bits per heavy atom. The molecule has 1 atom stereocenters. The maximum atomic E-state index is 5.63. The lowest BCUT2D eigenvalue weighted by Crippen LogP contribution is -2.36. The third-order valence-corrected chi connectivity index (χ3v) is 4.39. The SMILES string of the molecule is CC1CCC(N2CCC(CCN)C2)CC1. The van der Waals surface area contributed by atoms with Gasteiger partial charge in [-0.15, -0.1) is 0 Å². The largest absolute Gasteiger partial charge is 0.330 e. The topological polar surface area (TPSA) is 29.3 Å². The van der Waals surface area contributed by atoms with Crippen molar-refractivity contribution in [2.75, 3.05) is 19.6 Å². The molecule has 2 nitrogen and oxygen atoms in total. The third-order valence-electron chi connectivity index (χ3n) is 4.39. The van der Waals surface area contributed by atoms with Gasteiger partial charge < -0.3 is 10.6 Å². The van der Waals surface area contributed by atoms with Crippen molar-refractivity contribution in [2.24, 2.45) is 17.6 Å². The van der Waals surface area contributed by atoms with Gasteiger partial charge in [0, 0.05) is 12.6 Å². The summed E-state index contributed by atoms with van der Waals surface area (Å²) in [5.74, 6) is 1.87. The second kappa shape index (κ2) is 5.31. The summed E-state index contributed by atoms with van der Waals surface area (Å²) in [5.41, 5.74) is 5.63. The summed E-state index contributed by atoms with van der Waals surface area (Å²) in [6.07, 6.45) is 8.40.